The van der Waals surface area contributed by atoms with E-state index in [1.807, 2.05) is 67.6 Å². The van der Waals surface area contributed by atoms with Crippen LogP contribution in [0.3, 0.4) is 0 Å². The van der Waals surface area contributed by atoms with E-state index in [1.165, 1.54) is 0 Å². The van der Waals surface area contributed by atoms with Crippen molar-refractivity contribution in [3.8, 4) is 5.75 Å². The lowest BCUT2D eigenvalue weighted by atomic mass is 10.1. The molecule has 0 aliphatic carbocycles. The van der Waals surface area contributed by atoms with E-state index in [0.717, 1.165) is 11.1 Å². The SMILES string of the molecule is CCCC(=O)Nc1cccc2c1cc(C(=O)NCCc1ccccc1)c(=O)n2Cc1ccc(OC)cc1. The lowest BCUT2D eigenvalue weighted by molar-refractivity contribution is -0.116. The average Bonchev–Trinajstić information content (AvgIpc) is 2.91. The van der Waals surface area contributed by atoms with Crippen molar-refractivity contribution in [3.05, 3.63) is 106 Å². The summed E-state index contributed by atoms with van der Waals surface area (Å²) in [6.07, 6.45) is 1.75. The summed E-state index contributed by atoms with van der Waals surface area (Å²) >= 11 is 0. The molecular formula is C30H31N3O4. The zero-order chi connectivity index (χ0) is 26.2. The molecule has 0 atom stereocenters. The van der Waals surface area contributed by atoms with Gasteiger partial charge in [0, 0.05) is 18.4 Å². The molecule has 4 aromatic rings. The molecule has 2 N–H and O–H groups in total. The van der Waals surface area contributed by atoms with E-state index >= 15 is 0 Å². The Bertz CT molecular complexity index is 1440. The highest BCUT2D eigenvalue weighted by Crippen LogP contribution is 2.25. The minimum absolute atomic E-state index is 0.0336. The average molecular weight is 498 g/mol. The second kappa shape index (κ2) is 12.0. The number of carbonyl (C=O) groups excluding carboxylic acids is 2. The summed E-state index contributed by atoms with van der Waals surface area (Å²) in [5.74, 6) is 0.159. The van der Waals surface area contributed by atoms with Crippen LogP contribution in [0.15, 0.2) is 83.7 Å². The number of aromatic nitrogens is 1. The van der Waals surface area contributed by atoms with E-state index in [4.69, 9.17) is 4.74 Å². The third-order valence-electron chi connectivity index (χ3n) is 6.18. The van der Waals surface area contributed by atoms with Gasteiger partial charge in [0.25, 0.3) is 11.5 Å². The Balaban J connectivity index is 1.72. The molecule has 0 bridgehead atoms. The topological polar surface area (TPSA) is 89.4 Å². The lowest BCUT2D eigenvalue weighted by Gasteiger charge is -2.16. The smallest absolute Gasteiger partial charge is 0.264 e. The predicted molar refractivity (Wildman–Crippen MR) is 146 cm³/mol. The zero-order valence-corrected chi connectivity index (χ0v) is 21.1. The van der Waals surface area contributed by atoms with Crippen molar-refractivity contribution in [2.45, 2.75) is 32.7 Å². The van der Waals surface area contributed by atoms with Crippen molar-refractivity contribution >= 4 is 28.4 Å². The third-order valence-corrected chi connectivity index (χ3v) is 6.18. The van der Waals surface area contributed by atoms with E-state index in [0.29, 0.717) is 48.1 Å². The van der Waals surface area contributed by atoms with Gasteiger partial charge in [-0.2, -0.15) is 0 Å². The highest BCUT2D eigenvalue weighted by atomic mass is 16.5. The van der Waals surface area contributed by atoms with Crippen LogP contribution in [0.5, 0.6) is 5.75 Å². The Morgan fingerprint density at radius 3 is 2.38 bits per heavy atom. The summed E-state index contributed by atoms with van der Waals surface area (Å²) in [5.41, 5.74) is 2.82. The molecule has 0 unspecified atom stereocenters. The van der Waals surface area contributed by atoms with Gasteiger partial charge in [-0.1, -0.05) is 55.5 Å². The minimum atomic E-state index is -0.444. The van der Waals surface area contributed by atoms with Gasteiger partial charge in [-0.05, 0) is 54.3 Å². The van der Waals surface area contributed by atoms with Crippen molar-refractivity contribution in [2.24, 2.45) is 0 Å². The van der Waals surface area contributed by atoms with Crippen molar-refractivity contribution < 1.29 is 14.3 Å². The van der Waals surface area contributed by atoms with Gasteiger partial charge in [-0.3, -0.25) is 14.4 Å². The quantitative estimate of drug-likeness (QED) is 0.330. The summed E-state index contributed by atoms with van der Waals surface area (Å²) in [6.45, 7) is 2.59. The van der Waals surface area contributed by atoms with Crippen LogP contribution in [0.2, 0.25) is 0 Å². The van der Waals surface area contributed by atoms with E-state index in [2.05, 4.69) is 10.6 Å². The monoisotopic (exact) mass is 497 g/mol. The molecule has 190 valence electrons. The Hall–Kier alpha value is -4.39. The number of pyridine rings is 1. The summed E-state index contributed by atoms with van der Waals surface area (Å²) in [4.78, 5) is 39.2. The number of nitrogens with one attached hydrogen (secondary N) is 2. The van der Waals surface area contributed by atoms with Crippen LogP contribution in [-0.4, -0.2) is 30.0 Å². The van der Waals surface area contributed by atoms with Crippen LogP contribution < -0.4 is 20.9 Å². The van der Waals surface area contributed by atoms with Gasteiger partial charge in [-0.15, -0.1) is 0 Å². The molecule has 37 heavy (non-hydrogen) atoms. The Kier molecular flexibility index (Phi) is 8.36. The molecule has 7 heteroatoms. The van der Waals surface area contributed by atoms with E-state index in [-0.39, 0.29) is 18.0 Å². The number of carbonyl (C=O) groups is 2. The lowest BCUT2D eigenvalue weighted by Crippen LogP contribution is -2.34. The molecule has 7 nitrogen and oxygen atoms in total. The number of ether oxygens (including phenoxy) is 1. The second-order valence-corrected chi connectivity index (χ2v) is 8.83. The van der Waals surface area contributed by atoms with Gasteiger partial charge < -0.3 is 19.9 Å². The molecule has 0 saturated carbocycles. The molecular weight excluding hydrogens is 466 g/mol. The maximum atomic E-state index is 13.6. The first-order valence-corrected chi connectivity index (χ1v) is 12.4. The first-order chi connectivity index (χ1) is 18.0. The maximum absolute atomic E-state index is 13.6. The molecule has 3 aromatic carbocycles. The molecule has 0 fully saturated rings. The number of nitrogens with zero attached hydrogens (tertiary/aromatic N) is 1. The molecule has 1 heterocycles. The molecule has 0 aliphatic rings. The number of fused-ring (bicyclic) bond motifs is 1. The standard InChI is InChI=1S/C30H31N3O4/c1-3-8-28(34)32-26-11-7-12-27-24(26)19-25(29(35)31-18-17-21-9-5-4-6-10-21)30(36)33(27)20-22-13-15-23(37-2)16-14-22/h4-7,9-16,19H,3,8,17-18,20H2,1-2H3,(H,31,35)(H,32,34). The van der Waals surface area contributed by atoms with Crippen LogP contribution in [0.25, 0.3) is 10.9 Å². The largest absolute Gasteiger partial charge is 0.497 e. The van der Waals surface area contributed by atoms with Gasteiger partial charge >= 0.3 is 0 Å². The van der Waals surface area contributed by atoms with Crippen LogP contribution >= 0.6 is 0 Å². The van der Waals surface area contributed by atoms with Crippen molar-refractivity contribution in [3.63, 3.8) is 0 Å². The molecule has 0 spiro atoms. The number of methoxy groups -OCH3 is 1. The number of rotatable bonds is 10. The number of hydrogen-bond acceptors (Lipinski definition) is 4. The highest BCUT2D eigenvalue weighted by molar-refractivity contribution is 6.04. The minimum Gasteiger partial charge on any atom is -0.497 e. The Morgan fingerprint density at radius 1 is 0.919 bits per heavy atom. The van der Waals surface area contributed by atoms with Gasteiger partial charge in [0.05, 0.1) is 24.9 Å². The molecule has 0 aliphatic heterocycles. The maximum Gasteiger partial charge on any atom is 0.264 e. The first kappa shape index (κ1) is 25.7. The molecule has 0 radical (unpaired) electrons. The molecule has 4 rings (SSSR count). The third kappa shape index (κ3) is 6.25. The van der Waals surface area contributed by atoms with Gasteiger partial charge in [-0.25, -0.2) is 0 Å². The molecule has 2 amide bonds. The highest BCUT2D eigenvalue weighted by Gasteiger charge is 2.18. The fourth-order valence-electron chi connectivity index (χ4n) is 4.24. The summed E-state index contributed by atoms with van der Waals surface area (Å²) in [6, 6.07) is 24.3. The Labute approximate surface area is 216 Å². The number of benzene rings is 3. The van der Waals surface area contributed by atoms with Gasteiger partial charge in [0.15, 0.2) is 0 Å². The summed E-state index contributed by atoms with van der Waals surface area (Å²) < 4.78 is 6.83. The second-order valence-electron chi connectivity index (χ2n) is 8.83. The van der Waals surface area contributed by atoms with E-state index in [1.54, 1.807) is 29.9 Å². The summed E-state index contributed by atoms with van der Waals surface area (Å²) in [5, 5.41) is 6.46. The van der Waals surface area contributed by atoms with Crippen LogP contribution in [0, 0.1) is 0 Å². The van der Waals surface area contributed by atoms with Crippen molar-refractivity contribution in [1.82, 2.24) is 9.88 Å². The predicted octanol–water partition coefficient (Wildman–Crippen LogP) is 4.77. The molecule has 1 aromatic heterocycles. The number of amides is 2. The Morgan fingerprint density at radius 2 is 1.68 bits per heavy atom. The number of hydrogen-bond donors (Lipinski definition) is 2. The normalized spacial score (nSPS) is 10.8. The first-order valence-electron chi connectivity index (χ1n) is 12.4. The van der Waals surface area contributed by atoms with Crippen LogP contribution in [0.1, 0.15) is 41.3 Å². The summed E-state index contributed by atoms with van der Waals surface area (Å²) in [7, 11) is 1.60. The van der Waals surface area contributed by atoms with Gasteiger partial charge in [0.1, 0.15) is 11.3 Å². The fraction of sp³-hybridized carbons (Fsp3) is 0.233. The van der Waals surface area contributed by atoms with Crippen molar-refractivity contribution in [2.75, 3.05) is 19.0 Å². The molecule has 0 saturated heterocycles. The van der Waals surface area contributed by atoms with Crippen molar-refractivity contribution in [1.29, 1.82) is 0 Å². The fourth-order valence-corrected chi connectivity index (χ4v) is 4.24. The number of anilines is 1. The van der Waals surface area contributed by atoms with E-state index in [9.17, 15) is 14.4 Å². The van der Waals surface area contributed by atoms with Crippen LogP contribution in [0.4, 0.5) is 5.69 Å². The van der Waals surface area contributed by atoms with E-state index < -0.39 is 11.5 Å². The van der Waals surface area contributed by atoms with Gasteiger partial charge in [0.2, 0.25) is 5.91 Å². The van der Waals surface area contributed by atoms with Crippen LogP contribution in [-0.2, 0) is 17.8 Å². The zero-order valence-electron chi connectivity index (χ0n) is 21.1.